The quantitative estimate of drug-likeness (QED) is 0.840. The number of aryl methyl sites for hydroxylation is 1. The average Bonchev–Trinajstić information content (AvgIpc) is 2.71. The number of ether oxygens (including phenoxy) is 1. The number of hydrogen-bond donors (Lipinski definition) is 2. The normalized spacial score (nSPS) is 11.2. The molecular formula is C15H19NO4. The molecule has 2 aromatic rings. The van der Waals surface area contributed by atoms with E-state index in [4.69, 9.17) is 14.9 Å². The van der Waals surface area contributed by atoms with Gasteiger partial charge >= 0.3 is 5.97 Å². The number of esters is 1. The molecule has 3 N–H and O–H groups in total. The van der Waals surface area contributed by atoms with Crippen molar-refractivity contribution in [1.29, 1.82) is 0 Å². The first-order valence-electron chi connectivity index (χ1n) is 6.60. The Balaban J connectivity index is 2.84. The molecule has 0 aliphatic rings. The lowest BCUT2D eigenvalue weighted by atomic mass is 9.96. The van der Waals surface area contributed by atoms with Crippen LogP contribution in [-0.4, -0.2) is 17.7 Å². The highest BCUT2D eigenvalue weighted by molar-refractivity contribution is 6.10. The van der Waals surface area contributed by atoms with E-state index in [1.165, 1.54) is 0 Å². The molecule has 5 heteroatoms. The predicted octanol–water partition coefficient (Wildman–Crippen LogP) is 3.33. The number of fused-ring (bicyclic) bond motifs is 1. The van der Waals surface area contributed by atoms with Crippen molar-refractivity contribution in [2.75, 3.05) is 12.3 Å². The fourth-order valence-electron chi connectivity index (χ4n) is 2.29. The van der Waals surface area contributed by atoms with E-state index in [0.29, 0.717) is 16.5 Å². The number of rotatable bonds is 3. The molecule has 1 heterocycles. The summed E-state index contributed by atoms with van der Waals surface area (Å²) in [6.45, 7) is 7.65. The van der Waals surface area contributed by atoms with E-state index in [-0.39, 0.29) is 29.7 Å². The molecule has 0 fully saturated rings. The second kappa shape index (κ2) is 5.07. The standard InChI is InChI=1S/C15H19NO4/c1-5-19-15(18)12-11-8(4)10(17)6-9(7(2)3)13(11)20-14(12)16/h6-7,17H,5,16H2,1-4H3. The molecule has 0 radical (unpaired) electrons. The van der Waals surface area contributed by atoms with E-state index in [1.807, 2.05) is 13.8 Å². The van der Waals surface area contributed by atoms with Gasteiger partial charge in [0, 0.05) is 16.5 Å². The second-order valence-electron chi connectivity index (χ2n) is 5.03. The van der Waals surface area contributed by atoms with Crippen molar-refractivity contribution in [2.24, 2.45) is 0 Å². The molecule has 1 aromatic carbocycles. The summed E-state index contributed by atoms with van der Waals surface area (Å²) in [6.07, 6.45) is 0. The van der Waals surface area contributed by atoms with Crippen molar-refractivity contribution in [3.63, 3.8) is 0 Å². The number of phenolic OH excluding ortho intramolecular Hbond substituents is 1. The van der Waals surface area contributed by atoms with Gasteiger partial charge in [-0.25, -0.2) is 4.79 Å². The maximum absolute atomic E-state index is 12.0. The van der Waals surface area contributed by atoms with Crippen LogP contribution in [0.2, 0.25) is 0 Å². The maximum Gasteiger partial charge on any atom is 0.344 e. The Labute approximate surface area is 117 Å². The summed E-state index contributed by atoms with van der Waals surface area (Å²) in [5, 5.41) is 10.6. The highest BCUT2D eigenvalue weighted by atomic mass is 16.5. The lowest BCUT2D eigenvalue weighted by Crippen LogP contribution is -2.06. The third kappa shape index (κ3) is 2.09. The summed E-state index contributed by atoms with van der Waals surface area (Å²) < 4.78 is 10.6. The van der Waals surface area contributed by atoms with Crippen LogP contribution in [-0.2, 0) is 4.74 Å². The molecule has 0 bridgehead atoms. The second-order valence-corrected chi connectivity index (χ2v) is 5.03. The minimum atomic E-state index is -0.535. The van der Waals surface area contributed by atoms with Crippen molar-refractivity contribution in [2.45, 2.75) is 33.6 Å². The van der Waals surface area contributed by atoms with Gasteiger partial charge in [-0.15, -0.1) is 0 Å². The van der Waals surface area contributed by atoms with Gasteiger partial charge in [0.25, 0.3) is 0 Å². The zero-order valence-electron chi connectivity index (χ0n) is 12.1. The molecule has 0 spiro atoms. The number of phenols is 1. The fourth-order valence-corrected chi connectivity index (χ4v) is 2.29. The van der Waals surface area contributed by atoms with Gasteiger partial charge in [0.1, 0.15) is 16.9 Å². The van der Waals surface area contributed by atoms with E-state index in [1.54, 1.807) is 19.9 Å². The van der Waals surface area contributed by atoms with Crippen LogP contribution in [0.25, 0.3) is 11.0 Å². The first kappa shape index (κ1) is 14.2. The summed E-state index contributed by atoms with van der Waals surface area (Å²) >= 11 is 0. The first-order chi connectivity index (χ1) is 9.38. The first-order valence-corrected chi connectivity index (χ1v) is 6.60. The molecule has 0 amide bonds. The average molecular weight is 277 g/mol. The van der Waals surface area contributed by atoms with Gasteiger partial charge < -0.3 is 20.0 Å². The summed E-state index contributed by atoms with van der Waals surface area (Å²) in [4.78, 5) is 12.0. The van der Waals surface area contributed by atoms with Crippen LogP contribution < -0.4 is 5.73 Å². The highest BCUT2D eigenvalue weighted by Gasteiger charge is 2.25. The molecule has 0 aliphatic heterocycles. The summed E-state index contributed by atoms with van der Waals surface area (Å²) in [7, 11) is 0. The van der Waals surface area contributed by atoms with Crippen LogP contribution in [0.15, 0.2) is 10.5 Å². The van der Waals surface area contributed by atoms with Crippen LogP contribution >= 0.6 is 0 Å². The molecule has 0 saturated carbocycles. The fraction of sp³-hybridized carbons (Fsp3) is 0.400. The lowest BCUT2D eigenvalue weighted by molar-refractivity contribution is 0.0529. The van der Waals surface area contributed by atoms with Crippen molar-refractivity contribution >= 4 is 22.8 Å². The van der Waals surface area contributed by atoms with E-state index in [2.05, 4.69) is 0 Å². The van der Waals surface area contributed by atoms with Crippen molar-refractivity contribution < 1.29 is 19.1 Å². The van der Waals surface area contributed by atoms with Gasteiger partial charge in [-0.1, -0.05) is 13.8 Å². The van der Waals surface area contributed by atoms with Crippen molar-refractivity contribution in [3.05, 3.63) is 22.8 Å². The van der Waals surface area contributed by atoms with Gasteiger partial charge in [0.15, 0.2) is 0 Å². The van der Waals surface area contributed by atoms with E-state index >= 15 is 0 Å². The van der Waals surface area contributed by atoms with Gasteiger partial charge in [-0.2, -0.15) is 0 Å². The van der Waals surface area contributed by atoms with Crippen LogP contribution in [0, 0.1) is 6.92 Å². The number of aromatic hydroxyl groups is 1. The zero-order valence-corrected chi connectivity index (χ0v) is 12.1. The van der Waals surface area contributed by atoms with Gasteiger partial charge in [0.05, 0.1) is 6.61 Å². The molecule has 0 atom stereocenters. The maximum atomic E-state index is 12.0. The molecule has 0 unspecified atom stereocenters. The molecule has 5 nitrogen and oxygen atoms in total. The molecule has 20 heavy (non-hydrogen) atoms. The van der Waals surface area contributed by atoms with Gasteiger partial charge in [-0.05, 0) is 25.8 Å². The largest absolute Gasteiger partial charge is 0.508 e. The third-order valence-electron chi connectivity index (χ3n) is 3.35. The van der Waals surface area contributed by atoms with Crippen LogP contribution in [0.5, 0.6) is 5.75 Å². The van der Waals surface area contributed by atoms with Gasteiger partial charge in [0.2, 0.25) is 5.88 Å². The number of benzene rings is 1. The predicted molar refractivity (Wildman–Crippen MR) is 77.1 cm³/mol. The Hall–Kier alpha value is -2.17. The number of anilines is 1. The SMILES string of the molecule is CCOC(=O)c1c(N)oc2c(C(C)C)cc(O)c(C)c12. The molecule has 0 saturated heterocycles. The molecule has 108 valence electrons. The van der Waals surface area contributed by atoms with Crippen LogP contribution in [0.4, 0.5) is 5.88 Å². The summed E-state index contributed by atoms with van der Waals surface area (Å²) in [5.41, 5.74) is 7.93. The minimum Gasteiger partial charge on any atom is -0.508 e. The van der Waals surface area contributed by atoms with Crippen molar-refractivity contribution in [1.82, 2.24) is 0 Å². The van der Waals surface area contributed by atoms with E-state index in [0.717, 1.165) is 5.56 Å². The molecule has 2 rings (SSSR count). The number of carbonyl (C=O) groups is 1. The Morgan fingerprint density at radius 1 is 1.50 bits per heavy atom. The Morgan fingerprint density at radius 3 is 2.70 bits per heavy atom. The Morgan fingerprint density at radius 2 is 2.15 bits per heavy atom. The molecule has 0 aliphatic carbocycles. The number of furan rings is 1. The smallest absolute Gasteiger partial charge is 0.344 e. The Bertz CT molecular complexity index is 670. The van der Waals surface area contributed by atoms with E-state index < -0.39 is 5.97 Å². The zero-order chi connectivity index (χ0) is 15.0. The monoisotopic (exact) mass is 277 g/mol. The molecular weight excluding hydrogens is 258 g/mol. The summed E-state index contributed by atoms with van der Waals surface area (Å²) in [5.74, 6) is -0.265. The van der Waals surface area contributed by atoms with Crippen LogP contribution in [0.1, 0.15) is 48.2 Å². The topological polar surface area (TPSA) is 85.7 Å². The summed E-state index contributed by atoms with van der Waals surface area (Å²) in [6, 6.07) is 1.65. The number of hydrogen-bond acceptors (Lipinski definition) is 5. The molecule has 1 aromatic heterocycles. The number of nitrogen functional groups attached to an aromatic ring is 1. The third-order valence-corrected chi connectivity index (χ3v) is 3.35. The highest BCUT2D eigenvalue weighted by Crippen LogP contribution is 2.39. The number of nitrogens with two attached hydrogens (primary N) is 1. The lowest BCUT2D eigenvalue weighted by Gasteiger charge is -2.10. The van der Waals surface area contributed by atoms with E-state index in [9.17, 15) is 9.90 Å². The number of carbonyl (C=O) groups excluding carboxylic acids is 1. The Kier molecular flexibility index (Phi) is 3.61. The van der Waals surface area contributed by atoms with Crippen LogP contribution in [0.3, 0.4) is 0 Å². The van der Waals surface area contributed by atoms with Gasteiger partial charge in [-0.3, -0.25) is 0 Å². The van der Waals surface area contributed by atoms with Crippen molar-refractivity contribution in [3.8, 4) is 5.75 Å². The minimum absolute atomic E-state index is 0.0223.